The molecule has 0 fully saturated rings. The normalized spacial score (nSPS) is 20.3. The van der Waals surface area contributed by atoms with Crippen molar-refractivity contribution in [2.75, 3.05) is 13.2 Å². The standard InChI is InChI=1S/C15H18ClO6P/c1-3-20-23(19,21-4-2)15(18,13-9-10-14(17)22-13)11-5-7-12(16)8-6-11/h5-10,13,18H,3-4H2,1-2H3/t13-,15-/m1/s1. The topological polar surface area (TPSA) is 82.1 Å². The third-order valence-corrected chi connectivity index (χ3v) is 6.13. The zero-order chi connectivity index (χ0) is 17.1. The summed E-state index contributed by atoms with van der Waals surface area (Å²) >= 11 is 5.87. The number of carbonyl (C=O) groups is 1. The lowest BCUT2D eigenvalue weighted by Gasteiger charge is -2.37. The summed E-state index contributed by atoms with van der Waals surface area (Å²) in [4.78, 5) is 11.4. The zero-order valence-electron chi connectivity index (χ0n) is 12.8. The van der Waals surface area contributed by atoms with Crippen LogP contribution in [-0.2, 0) is 28.5 Å². The molecular formula is C15H18ClO6P. The largest absolute Gasteiger partial charge is 0.451 e. The van der Waals surface area contributed by atoms with E-state index in [1.54, 1.807) is 13.8 Å². The molecule has 0 aliphatic carbocycles. The van der Waals surface area contributed by atoms with Gasteiger partial charge in [-0.1, -0.05) is 23.7 Å². The van der Waals surface area contributed by atoms with E-state index in [2.05, 4.69) is 0 Å². The molecule has 1 aromatic rings. The van der Waals surface area contributed by atoms with Crippen molar-refractivity contribution in [2.45, 2.75) is 25.3 Å². The summed E-state index contributed by atoms with van der Waals surface area (Å²) in [5.74, 6) is -0.637. The lowest BCUT2D eigenvalue weighted by molar-refractivity contribution is -0.146. The molecule has 8 heteroatoms. The molecule has 2 atom stereocenters. The molecule has 0 unspecified atom stereocenters. The molecular weight excluding hydrogens is 343 g/mol. The van der Waals surface area contributed by atoms with Crippen molar-refractivity contribution in [3.05, 3.63) is 47.0 Å². The lowest BCUT2D eigenvalue weighted by Crippen LogP contribution is -2.40. The van der Waals surface area contributed by atoms with E-state index >= 15 is 0 Å². The maximum Gasteiger partial charge on any atom is 0.370 e. The van der Waals surface area contributed by atoms with E-state index in [1.807, 2.05) is 0 Å². The van der Waals surface area contributed by atoms with E-state index in [1.165, 1.54) is 30.3 Å². The molecule has 1 aliphatic heterocycles. The smallest absolute Gasteiger partial charge is 0.370 e. The first-order chi connectivity index (χ1) is 10.9. The number of ether oxygens (including phenoxy) is 1. The molecule has 0 radical (unpaired) electrons. The fraction of sp³-hybridized carbons (Fsp3) is 0.400. The SMILES string of the molecule is CCOP(=O)(OCC)[C@](O)(c1ccc(Cl)cc1)[C@H]1C=CC(=O)O1. The van der Waals surface area contributed by atoms with E-state index in [0.29, 0.717) is 5.02 Å². The molecule has 126 valence electrons. The molecule has 2 rings (SSSR count). The highest BCUT2D eigenvalue weighted by Crippen LogP contribution is 2.66. The second-order valence-corrected chi connectivity index (χ2v) is 7.41. The van der Waals surface area contributed by atoms with Gasteiger partial charge in [-0.2, -0.15) is 0 Å². The van der Waals surface area contributed by atoms with Crippen LogP contribution in [-0.4, -0.2) is 30.4 Å². The number of esters is 1. The van der Waals surface area contributed by atoms with E-state index in [0.717, 1.165) is 6.08 Å². The Morgan fingerprint density at radius 3 is 2.26 bits per heavy atom. The Hall–Kier alpha value is -1.17. The first kappa shape index (κ1) is 18.2. The van der Waals surface area contributed by atoms with Crippen LogP contribution in [0, 0.1) is 0 Å². The Morgan fingerprint density at radius 1 is 1.26 bits per heavy atom. The molecule has 1 aromatic carbocycles. The van der Waals surface area contributed by atoms with Crippen LogP contribution >= 0.6 is 19.2 Å². The predicted octanol–water partition coefficient (Wildman–Crippen LogP) is 3.23. The minimum absolute atomic E-state index is 0.0531. The minimum Gasteiger partial charge on any atom is -0.451 e. The van der Waals surface area contributed by atoms with Crippen LogP contribution in [0.5, 0.6) is 0 Å². The van der Waals surface area contributed by atoms with E-state index in [-0.39, 0.29) is 18.8 Å². The van der Waals surface area contributed by atoms with Crippen molar-refractivity contribution < 1.29 is 28.3 Å². The summed E-state index contributed by atoms with van der Waals surface area (Å²) < 4.78 is 28.9. The summed E-state index contributed by atoms with van der Waals surface area (Å²) in [6.07, 6.45) is 1.30. The maximum absolute atomic E-state index is 13.3. The van der Waals surface area contributed by atoms with Crippen molar-refractivity contribution in [1.82, 2.24) is 0 Å². The first-order valence-corrected chi connectivity index (χ1v) is 9.06. The number of cyclic esters (lactones) is 1. The quantitative estimate of drug-likeness (QED) is 0.594. The molecule has 0 saturated heterocycles. The van der Waals surface area contributed by atoms with Gasteiger partial charge in [0, 0.05) is 16.7 Å². The molecule has 0 saturated carbocycles. The Kier molecular flexibility index (Phi) is 5.65. The zero-order valence-corrected chi connectivity index (χ0v) is 14.4. The molecule has 1 heterocycles. The number of halogens is 1. The average molecular weight is 361 g/mol. The van der Waals surface area contributed by atoms with Gasteiger partial charge in [0.15, 0.2) is 6.10 Å². The maximum atomic E-state index is 13.3. The summed E-state index contributed by atoms with van der Waals surface area (Å²) in [5.41, 5.74) is 0.219. The molecule has 1 aliphatic rings. The second-order valence-electron chi connectivity index (χ2n) is 4.78. The van der Waals surface area contributed by atoms with Gasteiger partial charge in [0.1, 0.15) is 0 Å². The minimum atomic E-state index is -4.07. The number of carbonyl (C=O) groups excluding carboxylic acids is 1. The summed E-state index contributed by atoms with van der Waals surface area (Å²) in [6, 6.07) is 6.05. The van der Waals surface area contributed by atoms with Crippen LogP contribution < -0.4 is 0 Å². The Labute approximate surface area is 139 Å². The predicted molar refractivity (Wildman–Crippen MR) is 85.2 cm³/mol. The van der Waals surface area contributed by atoms with E-state index in [4.69, 9.17) is 25.4 Å². The molecule has 0 aromatic heterocycles. The highest BCUT2D eigenvalue weighted by atomic mass is 35.5. The van der Waals surface area contributed by atoms with Crippen molar-refractivity contribution in [3.63, 3.8) is 0 Å². The van der Waals surface area contributed by atoms with Crippen molar-refractivity contribution in [3.8, 4) is 0 Å². The fourth-order valence-corrected chi connectivity index (χ4v) is 4.52. The molecule has 0 bridgehead atoms. The highest BCUT2D eigenvalue weighted by molar-refractivity contribution is 7.55. The first-order valence-electron chi connectivity index (χ1n) is 7.13. The van der Waals surface area contributed by atoms with Gasteiger partial charge in [0.2, 0.25) is 5.34 Å². The van der Waals surface area contributed by atoms with Crippen LogP contribution in [0.1, 0.15) is 19.4 Å². The number of hydrogen-bond donors (Lipinski definition) is 1. The molecule has 0 spiro atoms. The van der Waals surface area contributed by atoms with E-state index in [9.17, 15) is 14.5 Å². The molecule has 0 amide bonds. The van der Waals surface area contributed by atoms with E-state index < -0.39 is 25.0 Å². The van der Waals surface area contributed by atoms with Crippen molar-refractivity contribution >= 4 is 25.2 Å². The monoisotopic (exact) mass is 360 g/mol. The van der Waals surface area contributed by atoms with Gasteiger partial charge in [-0.25, -0.2) is 4.79 Å². The van der Waals surface area contributed by atoms with Crippen LogP contribution in [0.4, 0.5) is 0 Å². The van der Waals surface area contributed by atoms with Gasteiger partial charge >= 0.3 is 13.6 Å². The van der Waals surface area contributed by atoms with Gasteiger partial charge in [-0.15, -0.1) is 0 Å². The number of rotatable bonds is 7. The third kappa shape index (κ3) is 3.37. The number of benzene rings is 1. The Morgan fingerprint density at radius 2 is 1.83 bits per heavy atom. The van der Waals surface area contributed by atoms with Crippen LogP contribution in [0.25, 0.3) is 0 Å². The van der Waals surface area contributed by atoms with Gasteiger partial charge < -0.3 is 18.9 Å². The lowest BCUT2D eigenvalue weighted by atomic mass is 10.0. The van der Waals surface area contributed by atoms with Gasteiger partial charge in [-0.05, 0) is 32.1 Å². The van der Waals surface area contributed by atoms with Gasteiger partial charge in [0.05, 0.1) is 13.2 Å². The average Bonchev–Trinajstić information content (AvgIpc) is 2.94. The molecule has 6 nitrogen and oxygen atoms in total. The van der Waals surface area contributed by atoms with Crippen molar-refractivity contribution in [1.29, 1.82) is 0 Å². The molecule has 1 N–H and O–H groups in total. The van der Waals surface area contributed by atoms with Gasteiger partial charge in [0.25, 0.3) is 0 Å². The Balaban J connectivity index is 2.58. The Bertz CT molecular complexity index is 634. The number of hydrogen-bond acceptors (Lipinski definition) is 6. The third-order valence-electron chi connectivity index (χ3n) is 3.33. The fourth-order valence-electron chi connectivity index (χ4n) is 2.33. The van der Waals surface area contributed by atoms with Crippen LogP contribution in [0.2, 0.25) is 5.02 Å². The van der Waals surface area contributed by atoms with Crippen molar-refractivity contribution in [2.24, 2.45) is 0 Å². The number of aliphatic hydroxyl groups is 1. The molecule has 23 heavy (non-hydrogen) atoms. The van der Waals surface area contributed by atoms with Crippen LogP contribution in [0.15, 0.2) is 36.4 Å². The highest BCUT2D eigenvalue weighted by Gasteiger charge is 2.58. The summed E-state index contributed by atoms with van der Waals surface area (Å²) in [6.45, 7) is 3.37. The second kappa shape index (κ2) is 7.16. The summed E-state index contributed by atoms with van der Waals surface area (Å²) in [7, 11) is -4.07. The summed E-state index contributed by atoms with van der Waals surface area (Å²) in [5, 5.41) is 9.56. The van der Waals surface area contributed by atoms with Gasteiger partial charge in [-0.3, -0.25) is 4.57 Å². The van der Waals surface area contributed by atoms with Crippen LogP contribution in [0.3, 0.4) is 0 Å².